The van der Waals surface area contributed by atoms with Gasteiger partial charge in [-0.2, -0.15) is 13.2 Å². The van der Waals surface area contributed by atoms with Crippen LogP contribution < -0.4 is 5.32 Å². The Morgan fingerprint density at radius 1 is 1.34 bits per heavy atom. The van der Waals surface area contributed by atoms with E-state index in [-0.39, 0.29) is 35.7 Å². The highest BCUT2D eigenvalue weighted by atomic mass is 19.4. The van der Waals surface area contributed by atoms with Crippen LogP contribution in [-0.2, 0) is 14.3 Å². The molecule has 1 aromatic carbocycles. The van der Waals surface area contributed by atoms with Crippen molar-refractivity contribution >= 4 is 17.5 Å². The first-order valence-electron chi connectivity index (χ1n) is 9.97. The fourth-order valence-corrected chi connectivity index (χ4v) is 3.50. The van der Waals surface area contributed by atoms with E-state index in [9.17, 15) is 27.2 Å². The minimum Gasteiger partial charge on any atom is -0.498 e. The van der Waals surface area contributed by atoms with Gasteiger partial charge in [0.15, 0.2) is 0 Å². The van der Waals surface area contributed by atoms with Gasteiger partial charge in [-0.15, -0.1) is 0 Å². The largest absolute Gasteiger partial charge is 0.498 e. The number of hydrogen-bond donors (Lipinski definition) is 1. The molecule has 0 aromatic heterocycles. The van der Waals surface area contributed by atoms with Gasteiger partial charge >= 0.3 is 6.18 Å². The second-order valence-corrected chi connectivity index (χ2v) is 7.51. The molecule has 32 heavy (non-hydrogen) atoms. The fraction of sp³-hybridized carbons (Fsp3) is 0.391. The number of carbonyl (C=O) groups excluding carboxylic acids is 2. The number of benzene rings is 1. The topological polar surface area (TPSA) is 58.6 Å². The van der Waals surface area contributed by atoms with E-state index in [1.807, 2.05) is 0 Å². The number of carbonyl (C=O) groups is 2. The van der Waals surface area contributed by atoms with E-state index in [1.54, 1.807) is 6.92 Å². The number of allylic oxidation sites excluding steroid dienone is 4. The highest BCUT2D eigenvalue weighted by Crippen LogP contribution is 2.34. The number of hydrogen-bond acceptors (Lipinski definition) is 3. The molecule has 5 nitrogen and oxygen atoms in total. The number of nitrogens with zero attached hydrogens (tertiary/aromatic N) is 1. The molecule has 0 saturated carbocycles. The number of anilines is 1. The molecule has 1 aromatic rings. The molecule has 2 rings (SSSR count). The molecular formula is C23H26F4N2O3. The van der Waals surface area contributed by atoms with E-state index in [4.69, 9.17) is 4.74 Å². The van der Waals surface area contributed by atoms with Gasteiger partial charge in [0.2, 0.25) is 11.8 Å². The summed E-state index contributed by atoms with van der Waals surface area (Å²) < 4.78 is 58.9. The van der Waals surface area contributed by atoms with Crippen molar-refractivity contribution < 1.29 is 31.9 Å². The molecule has 0 unspecified atom stereocenters. The molecule has 0 aliphatic carbocycles. The normalized spacial score (nSPS) is 19.9. The number of amides is 2. The predicted molar refractivity (Wildman–Crippen MR) is 113 cm³/mol. The Hall–Kier alpha value is -3.10. The number of likely N-dealkylation sites (tertiary alicyclic amines) is 1. The Bertz CT molecular complexity index is 966. The van der Waals surface area contributed by atoms with Crippen LogP contribution in [0.25, 0.3) is 0 Å². The lowest BCUT2D eigenvalue weighted by Gasteiger charge is -2.18. The molecule has 1 aliphatic heterocycles. The first-order valence-corrected chi connectivity index (χ1v) is 9.97. The molecule has 2 atom stereocenters. The predicted octanol–water partition coefficient (Wildman–Crippen LogP) is 4.76. The Kier molecular flexibility index (Phi) is 7.87. The molecule has 1 aliphatic rings. The lowest BCUT2D eigenvalue weighted by Crippen LogP contribution is -2.33. The van der Waals surface area contributed by atoms with Gasteiger partial charge in [0, 0.05) is 30.8 Å². The summed E-state index contributed by atoms with van der Waals surface area (Å²) in [4.78, 5) is 26.8. The van der Waals surface area contributed by atoms with Crippen LogP contribution in [0.3, 0.4) is 0 Å². The zero-order chi connectivity index (χ0) is 24.2. The molecule has 1 N–H and O–H groups in total. The van der Waals surface area contributed by atoms with Crippen molar-refractivity contribution in [1.29, 1.82) is 0 Å². The highest BCUT2D eigenvalue weighted by molar-refractivity contribution is 6.08. The Morgan fingerprint density at radius 3 is 2.59 bits per heavy atom. The smallest absolute Gasteiger partial charge is 0.419 e. The molecule has 0 bridgehead atoms. The van der Waals surface area contributed by atoms with Crippen LogP contribution in [0.4, 0.5) is 23.2 Å². The molecule has 1 saturated heterocycles. The van der Waals surface area contributed by atoms with Gasteiger partial charge in [-0.3, -0.25) is 9.59 Å². The van der Waals surface area contributed by atoms with Gasteiger partial charge in [-0.25, -0.2) is 4.39 Å². The van der Waals surface area contributed by atoms with Gasteiger partial charge in [0.25, 0.3) is 0 Å². The third-order valence-electron chi connectivity index (χ3n) is 5.31. The maximum atomic E-state index is 13.8. The van der Waals surface area contributed by atoms with Crippen molar-refractivity contribution in [3.63, 3.8) is 0 Å². The van der Waals surface area contributed by atoms with Gasteiger partial charge in [-0.1, -0.05) is 18.7 Å². The van der Waals surface area contributed by atoms with Crippen LogP contribution in [0.5, 0.6) is 0 Å². The second-order valence-electron chi connectivity index (χ2n) is 7.51. The van der Waals surface area contributed by atoms with E-state index in [0.717, 1.165) is 12.2 Å². The van der Waals surface area contributed by atoms with Crippen molar-refractivity contribution in [3.05, 3.63) is 65.2 Å². The summed E-state index contributed by atoms with van der Waals surface area (Å²) in [6.07, 6.45) is -2.66. The molecule has 1 heterocycles. The van der Waals surface area contributed by atoms with Gasteiger partial charge < -0.3 is 15.0 Å². The Morgan fingerprint density at radius 2 is 2.00 bits per heavy atom. The van der Waals surface area contributed by atoms with Crippen LogP contribution in [0.1, 0.15) is 19.4 Å². The third kappa shape index (κ3) is 5.57. The van der Waals surface area contributed by atoms with Crippen molar-refractivity contribution in [3.8, 4) is 0 Å². The average molecular weight is 454 g/mol. The Labute approximate surface area is 184 Å². The summed E-state index contributed by atoms with van der Waals surface area (Å²) >= 11 is 0. The summed E-state index contributed by atoms with van der Waals surface area (Å²) in [5.41, 5.74) is -0.368. The summed E-state index contributed by atoms with van der Waals surface area (Å²) in [7, 11) is 1.49. The zero-order valence-corrected chi connectivity index (χ0v) is 18.3. The van der Waals surface area contributed by atoms with Crippen LogP contribution in [0.2, 0.25) is 0 Å². The molecule has 0 radical (unpaired) electrons. The van der Waals surface area contributed by atoms with E-state index < -0.39 is 41.2 Å². The lowest BCUT2D eigenvalue weighted by molar-refractivity contribution is -0.135. The van der Waals surface area contributed by atoms with Gasteiger partial charge in [0.1, 0.15) is 17.5 Å². The van der Waals surface area contributed by atoms with Crippen molar-refractivity contribution in [2.45, 2.75) is 26.9 Å². The molecule has 0 spiro atoms. The fourth-order valence-electron chi connectivity index (χ4n) is 3.50. The van der Waals surface area contributed by atoms with E-state index in [2.05, 4.69) is 11.9 Å². The van der Waals surface area contributed by atoms with Crippen LogP contribution in [0, 0.1) is 24.6 Å². The summed E-state index contributed by atoms with van der Waals surface area (Å²) in [5, 5.41) is 2.55. The van der Waals surface area contributed by atoms with E-state index >= 15 is 0 Å². The molecule has 2 amide bonds. The maximum absolute atomic E-state index is 13.8. The third-order valence-corrected chi connectivity index (χ3v) is 5.31. The summed E-state index contributed by atoms with van der Waals surface area (Å²) in [6.45, 7) is 8.25. The summed E-state index contributed by atoms with van der Waals surface area (Å²) in [6, 6.07) is 4.16. The quantitative estimate of drug-likeness (QED) is 0.280. The van der Waals surface area contributed by atoms with Crippen molar-refractivity contribution in [2.24, 2.45) is 11.8 Å². The number of nitrogens with one attached hydrogen (secondary N) is 1. The second kappa shape index (κ2) is 10.0. The lowest BCUT2D eigenvalue weighted by atomic mass is 9.87. The van der Waals surface area contributed by atoms with Crippen LogP contribution in [0.15, 0.2) is 53.8 Å². The monoisotopic (exact) mass is 454 g/mol. The first-order chi connectivity index (χ1) is 14.9. The average Bonchev–Trinajstić information content (AvgIpc) is 2.99. The standard InChI is InChI=1S/C23H26F4N2O3/c1-6-32-15(4)17(23(25,26)27)11-10-13(2)16-12-29(5)22(31)20(16)21(30)28-19-9-7-8-18(24)14(19)3/h7-11,16,20H,2,6,12H2,1,3-5H3,(H,28,30)/b11-10-,17-15-/t16-,20+/m0/s1. The molecule has 174 valence electrons. The van der Waals surface area contributed by atoms with Crippen LogP contribution in [-0.4, -0.2) is 43.1 Å². The summed E-state index contributed by atoms with van der Waals surface area (Å²) in [5.74, 6) is -3.93. The Balaban J connectivity index is 2.30. The zero-order valence-electron chi connectivity index (χ0n) is 18.3. The maximum Gasteiger partial charge on any atom is 0.419 e. The number of ether oxygens (including phenoxy) is 1. The molecule has 9 heteroatoms. The number of halogens is 4. The van der Waals surface area contributed by atoms with E-state index in [0.29, 0.717) is 0 Å². The molecular weight excluding hydrogens is 428 g/mol. The van der Waals surface area contributed by atoms with Gasteiger partial charge in [-0.05, 0) is 44.6 Å². The minimum absolute atomic E-state index is 0.0733. The SMILES string of the molecule is C=C(/C=C\C(=C(/C)OCC)C(F)(F)F)[C@@H]1CN(C)C(=O)[C@H]1C(=O)Nc1cccc(F)c1C. The van der Waals surface area contributed by atoms with Crippen molar-refractivity contribution in [1.82, 2.24) is 4.90 Å². The van der Waals surface area contributed by atoms with Crippen LogP contribution >= 0.6 is 0 Å². The van der Waals surface area contributed by atoms with E-state index in [1.165, 1.54) is 44.0 Å². The minimum atomic E-state index is -4.65. The van der Waals surface area contributed by atoms with Crippen molar-refractivity contribution in [2.75, 3.05) is 25.5 Å². The highest BCUT2D eigenvalue weighted by Gasteiger charge is 2.44. The number of rotatable bonds is 7. The molecule has 1 fully saturated rings. The number of alkyl halides is 3. The van der Waals surface area contributed by atoms with Gasteiger partial charge in [0.05, 0.1) is 12.2 Å². The first kappa shape index (κ1) is 25.2.